The first kappa shape index (κ1) is 19.3. The van der Waals surface area contributed by atoms with Crippen LogP contribution in [0.3, 0.4) is 0 Å². The molecule has 0 radical (unpaired) electrons. The monoisotopic (exact) mass is 388 g/mol. The number of nitrogens with zero attached hydrogens (tertiary/aromatic N) is 4. The van der Waals surface area contributed by atoms with Crippen molar-refractivity contribution in [1.29, 1.82) is 0 Å². The van der Waals surface area contributed by atoms with Crippen molar-refractivity contribution < 1.29 is 4.74 Å². The Morgan fingerprint density at radius 3 is 2.74 bits per heavy atom. The number of thioether (sulfide) groups is 1. The van der Waals surface area contributed by atoms with Gasteiger partial charge in [-0.15, -0.1) is 0 Å². The van der Waals surface area contributed by atoms with Crippen LogP contribution in [0.15, 0.2) is 40.2 Å². The normalized spacial score (nSPS) is 11.2. The Kier molecular flexibility index (Phi) is 6.05. The van der Waals surface area contributed by atoms with E-state index in [-0.39, 0.29) is 11.2 Å². The molecule has 0 atom stereocenters. The van der Waals surface area contributed by atoms with Crippen LogP contribution in [-0.4, -0.2) is 31.0 Å². The number of aromatic nitrogens is 4. The highest BCUT2D eigenvalue weighted by molar-refractivity contribution is 7.98. The lowest BCUT2D eigenvalue weighted by atomic mass is 10.2. The molecule has 0 unspecified atom stereocenters. The number of benzene rings is 1. The highest BCUT2D eigenvalue weighted by Crippen LogP contribution is 2.23. The van der Waals surface area contributed by atoms with E-state index in [1.54, 1.807) is 36.8 Å². The molecule has 3 aromatic rings. The molecular formula is C19H24N4O3S. The largest absolute Gasteiger partial charge is 0.494 e. The van der Waals surface area contributed by atoms with Crippen LogP contribution in [-0.2, 0) is 26.4 Å². The van der Waals surface area contributed by atoms with E-state index in [1.165, 1.54) is 9.13 Å². The molecule has 27 heavy (non-hydrogen) atoms. The van der Waals surface area contributed by atoms with Crippen LogP contribution >= 0.6 is 11.8 Å². The maximum Gasteiger partial charge on any atom is 0.332 e. The molecule has 0 amide bonds. The molecule has 0 aliphatic heterocycles. The lowest BCUT2D eigenvalue weighted by molar-refractivity contribution is 0.337. The number of aryl methyl sites for hydroxylation is 2. The van der Waals surface area contributed by atoms with Crippen molar-refractivity contribution in [2.75, 3.05) is 12.4 Å². The molecule has 0 N–H and O–H groups in total. The fraction of sp³-hybridized carbons (Fsp3) is 0.421. The molecule has 2 aromatic heterocycles. The van der Waals surface area contributed by atoms with Crippen molar-refractivity contribution >= 4 is 22.9 Å². The van der Waals surface area contributed by atoms with Crippen molar-refractivity contribution in [2.24, 2.45) is 14.1 Å². The van der Waals surface area contributed by atoms with Crippen molar-refractivity contribution in [3.8, 4) is 5.75 Å². The molecule has 0 saturated carbocycles. The molecule has 0 bridgehead atoms. The predicted octanol–water partition coefficient (Wildman–Crippen LogP) is 2.16. The van der Waals surface area contributed by atoms with Crippen LogP contribution in [0.5, 0.6) is 5.75 Å². The molecule has 144 valence electrons. The predicted molar refractivity (Wildman–Crippen MR) is 109 cm³/mol. The minimum absolute atomic E-state index is 0.278. The molecule has 0 spiro atoms. The van der Waals surface area contributed by atoms with Gasteiger partial charge in [0, 0.05) is 32.0 Å². The standard InChI is InChI=1S/C19H24N4O3S/c1-4-26-15-9-6-5-8-14(15)12-27-11-7-10-23-18(24)16-17(20-13-21(16)2)22(3)19(23)25/h5-6,8-9,13H,4,7,10-12H2,1-3H3. The smallest absolute Gasteiger partial charge is 0.332 e. The van der Waals surface area contributed by atoms with Gasteiger partial charge in [0.15, 0.2) is 11.2 Å². The molecule has 1 aromatic carbocycles. The van der Waals surface area contributed by atoms with Gasteiger partial charge in [0.05, 0.1) is 12.9 Å². The minimum Gasteiger partial charge on any atom is -0.494 e. The average Bonchev–Trinajstić information content (AvgIpc) is 3.05. The molecule has 8 heteroatoms. The second-order valence-corrected chi connectivity index (χ2v) is 7.38. The van der Waals surface area contributed by atoms with E-state index in [0.717, 1.165) is 29.2 Å². The van der Waals surface area contributed by atoms with Gasteiger partial charge < -0.3 is 9.30 Å². The third-order valence-corrected chi connectivity index (χ3v) is 5.49. The number of para-hydroxylation sites is 1. The fourth-order valence-corrected chi connectivity index (χ4v) is 3.96. The first-order valence-corrected chi connectivity index (χ1v) is 10.1. The Labute approximate surface area is 161 Å². The topological polar surface area (TPSA) is 71.1 Å². The molecule has 0 aliphatic rings. The summed E-state index contributed by atoms with van der Waals surface area (Å²) in [5.74, 6) is 2.60. The summed E-state index contributed by atoms with van der Waals surface area (Å²) in [4.78, 5) is 29.3. The lowest BCUT2D eigenvalue weighted by Crippen LogP contribution is -2.39. The second kappa shape index (κ2) is 8.47. The first-order valence-electron chi connectivity index (χ1n) is 8.94. The van der Waals surface area contributed by atoms with E-state index in [0.29, 0.717) is 24.3 Å². The summed E-state index contributed by atoms with van der Waals surface area (Å²) in [6.45, 7) is 3.01. The SMILES string of the molecule is CCOc1ccccc1CSCCCn1c(=O)c2c(ncn2C)n(C)c1=O. The van der Waals surface area contributed by atoms with Gasteiger partial charge in [0.1, 0.15) is 5.75 Å². The zero-order valence-corrected chi connectivity index (χ0v) is 16.7. The van der Waals surface area contributed by atoms with Crippen molar-refractivity contribution in [1.82, 2.24) is 18.7 Å². The zero-order chi connectivity index (χ0) is 19.4. The summed E-state index contributed by atoms with van der Waals surface area (Å²) in [7, 11) is 3.41. The van der Waals surface area contributed by atoms with Gasteiger partial charge in [-0.25, -0.2) is 9.78 Å². The van der Waals surface area contributed by atoms with Gasteiger partial charge in [-0.2, -0.15) is 11.8 Å². The molecule has 0 saturated heterocycles. The number of ether oxygens (including phenoxy) is 1. The van der Waals surface area contributed by atoms with Crippen LogP contribution < -0.4 is 16.0 Å². The second-order valence-electron chi connectivity index (χ2n) is 6.27. The van der Waals surface area contributed by atoms with Crippen LogP contribution in [0.2, 0.25) is 0 Å². The Morgan fingerprint density at radius 1 is 1.19 bits per heavy atom. The Balaban J connectivity index is 1.64. The fourth-order valence-electron chi connectivity index (χ4n) is 3.02. The van der Waals surface area contributed by atoms with Crippen molar-refractivity contribution in [2.45, 2.75) is 25.6 Å². The van der Waals surface area contributed by atoms with E-state index < -0.39 is 0 Å². The van der Waals surface area contributed by atoms with Crippen molar-refractivity contribution in [3.05, 3.63) is 57.0 Å². The average molecular weight is 388 g/mol. The van der Waals surface area contributed by atoms with Crippen LogP contribution in [0.1, 0.15) is 18.9 Å². The number of hydrogen-bond acceptors (Lipinski definition) is 5. The summed E-state index contributed by atoms with van der Waals surface area (Å²) in [6.07, 6.45) is 2.29. The van der Waals surface area contributed by atoms with Crippen LogP contribution in [0, 0.1) is 0 Å². The Bertz CT molecular complexity index is 1050. The maximum absolute atomic E-state index is 12.7. The van der Waals surface area contributed by atoms with E-state index in [2.05, 4.69) is 11.1 Å². The van der Waals surface area contributed by atoms with Gasteiger partial charge >= 0.3 is 5.69 Å². The van der Waals surface area contributed by atoms with Crippen molar-refractivity contribution in [3.63, 3.8) is 0 Å². The quantitative estimate of drug-likeness (QED) is 0.553. The summed E-state index contributed by atoms with van der Waals surface area (Å²) in [6, 6.07) is 8.01. The van der Waals surface area contributed by atoms with Gasteiger partial charge in [-0.1, -0.05) is 18.2 Å². The van der Waals surface area contributed by atoms with Crippen LogP contribution in [0.25, 0.3) is 11.2 Å². The molecular weight excluding hydrogens is 364 g/mol. The highest BCUT2D eigenvalue weighted by atomic mass is 32.2. The van der Waals surface area contributed by atoms with Gasteiger partial charge in [0.25, 0.3) is 5.56 Å². The van der Waals surface area contributed by atoms with Gasteiger partial charge in [-0.3, -0.25) is 13.9 Å². The molecule has 0 fully saturated rings. The van der Waals surface area contributed by atoms with E-state index in [4.69, 9.17) is 4.74 Å². The third kappa shape index (κ3) is 3.95. The number of fused-ring (bicyclic) bond motifs is 1. The van der Waals surface area contributed by atoms with Gasteiger partial charge in [0.2, 0.25) is 0 Å². The lowest BCUT2D eigenvalue weighted by Gasteiger charge is -2.10. The molecule has 3 rings (SSSR count). The zero-order valence-electron chi connectivity index (χ0n) is 15.8. The summed E-state index contributed by atoms with van der Waals surface area (Å²) >= 11 is 1.77. The third-order valence-electron chi connectivity index (χ3n) is 4.40. The molecule has 0 aliphatic carbocycles. The van der Waals surface area contributed by atoms with E-state index in [9.17, 15) is 9.59 Å². The van der Waals surface area contributed by atoms with Gasteiger partial charge in [-0.05, 0) is 25.2 Å². The van der Waals surface area contributed by atoms with E-state index >= 15 is 0 Å². The molecule has 7 nitrogen and oxygen atoms in total. The number of hydrogen-bond donors (Lipinski definition) is 0. The highest BCUT2D eigenvalue weighted by Gasteiger charge is 2.14. The summed E-state index contributed by atoms with van der Waals surface area (Å²) < 4.78 is 10.0. The Hall–Kier alpha value is -2.48. The number of rotatable bonds is 8. The van der Waals surface area contributed by atoms with E-state index in [1.807, 2.05) is 25.1 Å². The minimum atomic E-state index is -0.321. The summed E-state index contributed by atoms with van der Waals surface area (Å²) in [5.41, 5.74) is 1.44. The Morgan fingerprint density at radius 2 is 1.96 bits per heavy atom. The number of imidazole rings is 1. The first-order chi connectivity index (χ1) is 13.0. The summed E-state index contributed by atoms with van der Waals surface area (Å²) in [5, 5.41) is 0. The molecule has 2 heterocycles. The van der Waals surface area contributed by atoms with Crippen LogP contribution in [0.4, 0.5) is 0 Å². The maximum atomic E-state index is 12.7.